The molecule has 0 atom stereocenters. The van der Waals surface area contributed by atoms with E-state index in [9.17, 15) is 4.79 Å². The number of halogens is 1. The van der Waals surface area contributed by atoms with Crippen LogP contribution in [-0.2, 0) is 4.79 Å². The van der Waals surface area contributed by atoms with Gasteiger partial charge < -0.3 is 10.6 Å². The van der Waals surface area contributed by atoms with Crippen LogP contribution in [0.5, 0.6) is 0 Å². The third kappa shape index (κ3) is 4.75. The van der Waals surface area contributed by atoms with Crippen molar-refractivity contribution in [1.82, 2.24) is 25.5 Å². The van der Waals surface area contributed by atoms with E-state index in [1.165, 1.54) is 12.8 Å². The summed E-state index contributed by atoms with van der Waals surface area (Å²) in [5, 5.41) is 17.5. The van der Waals surface area contributed by atoms with Crippen molar-refractivity contribution in [3.05, 3.63) is 30.1 Å². The Balaban J connectivity index is 0.00000208. The highest BCUT2D eigenvalue weighted by molar-refractivity contribution is 5.91. The zero-order chi connectivity index (χ0) is 16.1. The van der Waals surface area contributed by atoms with Gasteiger partial charge in [-0.15, -0.1) is 17.5 Å². The summed E-state index contributed by atoms with van der Waals surface area (Å²) >= 11 is 0. The molecule has 0 unspecified atom stereocenters. The van der Waals surface area contributed by atoms with Crippen LogP contribution in [0, 0.1) is 12.8 Å². The van der Waals surface area contributed by atoms with Crippen molar-refractivity contribution in [2.45, 2.75) is 32.6 Å². The fourth-order valence-electron chi connectivity index (χ4n) is 2.93. The molecule has 7 nitrogen and oxygen atoms in total. The molecule has 1 saturated heterocycles. The topological polar surface area (TPSA) is 84.7 Å². The average Bonchev–Trinajstić information content (AvgIpc) is 3.10. The highest BCUT2D eigenvalue weighted by Gasteiger charge is 2.14. The fraction of sp³-hybridized carbons (Fsp3) is 0.500. The smallest absolute Gasteiger partial charge is 0.224 e. The fourth-order valence-corrected chi connectivity index (χ4v) is 2.93. The zero-order valence-electron chi connectivity index (χ0n) is 13.7. The van der Waals surface area contributed by atoms with E-state index in [0.717, 1.165) is 36.4 Å². The lowest BCUT2D eigenvalue weighted by Crippen LogP contribution is -2.28. The molecule has 2 heterocycles. The number of rotatable bonds is 5. The first-order chi connectivity index (χ1) is 11.2. The summed E-state index contributed by atoms with van der Waals surface area (Å²) in [4.78, 5) is 12.2. The van der Waals surface area contributed by atoms with Gasteiger partial charge in [0.1, 0.15) is 6.33 Å². The van der Waals surface area contributed by atoms with Crippen LogP contribution >= 0.6 is 12.4 Å². The summed E-state index contributed by atoms with van der Waals surface area (Å²) in [7, 11) is 0. The van der Waals surface area contributed by atoms with Gasteiger partial charge in [-0.05, 0) is 73.3 Å². The quantitative estimate of drug-likeness (QED) is 0.862. The molecule has 1 aromatic carbocycles. The Morgan fingerprint density at radius 2 is 2.17 bits per heavy atom. The van der Waals surface area contributed by atoms with Gasteiger partial charge in [0.15, 0.2) is 0 Å². The van der Waals surface area contributed by atoms with Crippen molar-refractivity contribution in [3.63, 3.8) is 0 Å². The average molecular weight is 351 g/mol. The van der Waals surface area contributed by atoms with E-state index < -0.39 is 0 Å². The van der Waals surface area contributed by atoms with E-state index >= 15 is 0 Å². The van der Waals surface area contributed by atoms with E-state index in [2.05, 4.69) is 26.2 Å². The largest absolute Gasteiger partial charge is 0.326 e. The number of piperidine rings is 1. The summed E-state index contributed by atoms with van der Waals surface area (Å²) in [6.45, 7) is 4.12. The first kappa shape index (κ1) is 18.4. The second-order valence-corrected chi connectivity index (χ2v) is 6.04. The summed E-state index contributed by atoms with van der Waals surface area (Å²) < 4.78 is 1.60. The molecule has 8 heteroatoms. The third-order valence-electron chi connectivity index (χ3n) is 4.33. The Morgan fingerprint density at radius 1 is 1.38 bits per heavy atom. The highest BCUT2D eigenvalue weighted by Crippen LogP contribution is 2.20. The maximum Gasteiger partial charge on any atom is 0.224 e. The predicted molar refractivity (Wildman–Crippen MR) is 94.6 cm³/mol. The molecule has 24 heavy (non-hydrogen) atoms. The number of aromatic nitrogens is 4. The number of hydrogen-bond donors (Lipinski definition) is 2. The number of anilines is 1. The summed E-state index contributed by atoms with van der Waals surface area (Å²) in [6, 6.07) is 5.76. The number of amides is 1. The molecule has 130 valence electrons. The van der Waals surface area contributed by atoms with Crippen molar-refractivity contribution in [2.24, 2.45) is 5.92 Å². The maximum atomic E-state index is 12.2. The second-order valence-electron chi connectivity index (χ2n) is 6.04. The van der Waals surface area contributed by atoms with Gasteiger partial charge in [-0.3, -0.25) is 4.79 Å². The van der Waals surface area contributed by atoms with Crippen molar-refractivity contribution < 1.29 is 4.79 Å². The van der Waals surface area contributed by atoms with Crippen molar-refractivity contribution >= 4 is 24.0 Å². The molecule has 0 aliphatic carbocycles. The van der Waals surface area contributed by atoms with Crippen LogP contribution in [-0.4, -0.2) is 39.2 Å². The number of aryl methyl sites for hydroxylation is 1. The Labute approximate surface area is 147 Å². The van der Waals surface area contributed by atoms with Crippen LogP contribution in [0.25, 0.3) is 5.69 Å². The molecule has 0 bridgehead atoms. The van der Waals surface area contributed by atoms with Crippen LogP contribution in [0.2, 0.25) is 0 Å². The summed E-state index contributed by atoms with van der Waals surface area (Å²) in [6.07, 6.45) is 5.41. The summed E-state index contributed by atoms with van der Waals surface area (Å²) in [5.74, 6) is 0.729. The lowest BCUT2D eigenvalue weighted by molar-refractivity contribution is -0.116. The number of hydrogen-bond acceptors (Lipinski definition) is 5. The molecule has 2 aromatic rings. The van der Waals surface area contributed by atoms with Gasteiger partial charge in [0.2, 0.25) is 5.91 Å². The Hall–Kier alpha value is -1.99. The Morgan fingerprint density at radius 3 is 2.88 bits per heavy atom. The van der Waals surface area contributed by atoms with Crippen LogP contribution in [0.4, 0.5) is 5.69 Å². The summed E-state index contributed by atoms with van der Waals surface area (Å²) in [5.41, 5.74) is 2.69. The lowest BCUT2D eigenvalue weighted by atomic mass is 9.93. The highest BCUT2D eigenvalue weighted by atomic mass is 35.5. The zero-order valence-corrected chi connectivity index (χ0v) is 14.6. The number of nitrogens with one attached hydrogen (secondary N) is 2. The standard InChI is InChI=1S/C16H22N6O.ClH/c1-12-2-4-14(10-15(12)22-11-18-20-21-22)19-16(23)5-3-13-6-8-17-9-7-13;/h2,4,10-11,13,17H,3,5-9H2,1H3,(H,19,23);1H. The molecule has 1 aliphatic rings. The van der Waals surface area contributed by atoms with Crippen molar-refractivity contribution in [3.8, 4) is 5.69 Å². The minimum Gasteiger partial charge on any atom is -0.326 e. The number of tetrazole rings is 1. The van der Waals surface area contributed by atoms with Gasteiger partial charge in [-0.2, -0.15) is 0 Å². The number of nitrogens with zero attached hydrogens (tertiary/aromatic N) is 4. The maximum absolute atomic E-state index is 12.2. The molecule has 1 aromatic heterocycles. The molecule has 2 N–H and O–H groups in total. The first-order valence-electron chi connectivity index (χ1n) is 8.07. The van der Waals surface area contributed by atoms with E-state index in [-0.39, 0.29) is 18.3 Å². The van der Waals surface area contributed by atoms with E-state index in [1.54, 1.807) is 11.0 Å². The second kappa shape index (κ2) is 8.75. The number of carbonyl (C=O) groups is 1. The Kier molecular flexibility index (Phi) is 6.69. The number of carbonyl (C=O) groups excluding carboxylic acids is 1. The van der Waals surface area contributed by atoms with Gasteiger partial charge in [0, 0.05) is 12.1 Å². The molecular formula is C16H23ClN6O. The van der Waals surface area contributed by atoms with Crippen molar-refractivity contribution in [2.75, 3.05) is 18.4 Å². The molecule has 1 fully saturated rings. The predicted octanol–water partition coefficient (Wildman–Crippen LogP) is 2.11. The minimum atomic E-state index is 0. The van der Waals surface area contributed by atoms with Gasteiger partial charge in [0.25, 0.3) is 0 Å². The van der Waals surface area contributed by atoms with Gasteiger partial charge in [0.05, 0.1) is 5.69 Å². The number of benzene rings is 1. The monoisotopic (exact) mass is 350 g/mol. The molecule has 1 aliphatic heterocycles. The van der Waals surface area contributed by atoms with E-state index in [1.807, 2.05) is 25.1 Å². The third-order valence-corrected chi connectivity index (χ3v) is 4.33. The van der Waals surface area contributed by atoms with Crippen LogP contribution in [0.15, 0.2) is 24.5 Å². The van der Waals surface area contributed by atoms with Crippen LogP contribution in [0.3, 0.4) is 0 Å². The molecule has 0 radical (unpaired) electrons. The minimum absolute atomic E-state index is 0. The SMILES string of the molecule is Cc1ccc(NC(=O)CCC2CCNCC2)cc1-n1cnnn1.Cl. The molecular weight excluding hydrogens is 328 g/mol. The van der Waals surface area contributed by atoms with Gasteiger partial charge in [-0.1, -0.05) is 6.07 Å². The van der Waals surface area contributed by atoms with Crippen LogP contribution in [0.1, 0.15) is 31.2 Å². The molecule has 1 amide bonds. The molecule has 0 saturated carbocycles. The van der Waals surface area contributed by atoms with Gasteiger partial charge in [-0.25, -0.2) is 4.68 Å². The van der Waals surface area contributed by atoms with E-state index in [0.29, 0.717) is 12.3 Å². The first-order valence-corrected chi connectivity index (χ1v) is 8.07. The van der Waals surface area contributed by atoms with Crippen molar-refractivity contribution in [1.29, 1.82) is 0 Å². The Bertz CT molecular complexity index is 655. The van der Waals surface area contributed by atoms with E-state index in [4.69, 9.17) is 0 Å². The normalized spacial score (nSPS) is 14.9. The van der Waals surface area contributed by atoms with Crippen LogP contribution < -0.4 is 10.6 Å². The lowest BCUT2D eigenvalue weighted by Gasteiger charge is -2.22. The molecule has 3 rings (SSSR count). The van der Waals surface area contributed by atoms with Gasteiger partial charge >= 0.3 is 0 Å². The molecule has 0 spiro atoms.